The summed E-state index contributed by atoms with van der Waals surface area (Å²) in [5.74, 6) is -0.679. The molecule has 2 aromatic rings. The van der Waals surface area contributed by atoms with Crippen molar-refractivity contribution in [2.24, 2.45) is 11.8 Å². The summed E-state index contributed by atoms with van der Waals surface area (Å²) in [7, 11) is 0. The molecule has 2 N–H and O–H groups in total. The lowest BCUT2D eigenvalue weighted by atomic mass is 9.99. The van der Waals surface area contributed by atoms with Gasteiger partial charge in [0.25, 0.3) is 0 Å². The molecule has 0 spiro atoms. The van der Waals surface area contributed by atoms with Crippen LogP contribution < -0.4 is 0 Å². The van der Waals surface area contributed by atoms with Crippen molar-refractivity contribution in [3.05, 3.63) is 36.0 Å². The molecule has 0 amide bonds. The van der Waals surface area contributed by atoms with Crippen molar-refractivity contribution in [3.63, 3.8) is 0 Å². The number of carboxylic acids is 1. The third-order valence-corrected chi connectivity index (χ3v) is 4.07. The van der Waals surface area contributed by atoms with Crippen molar-refractivity contribution < 1.29 is 9.90 Å². The van der Waals surface area contributed by atoms with E-state index in [4.69, 9.17) is 5.11 Å². The van der Waals surface area contributed by atoms with Gasteiger partial charge in [0, 0.05) is 36.7 Å². The zero-order chi connectivity index (χ0) is 13.4. The zero-order valence-corrected chi connectivity index (χ0v) is 11.0. The zero-order valence-electron chi connectivity index (χ0n) is 11.0. The van der Waals surface area contributed by atoms with Crippen LogP contribution in [-0.2, 0) is 11.3 Å². The number of aromatic nitrogens is 1. The molecule has 0 aliphatic carbocycles. The molecule has 1 aliphatic rings. The fraction of sp³-hybridized carbons (Fsp3) is 0.400. The molecule has 1 aromatic carbocycles. The topological polar surface area (TPSA) is 56.3 Å². The van der Waals surface area contributed by atoms with Gasteiger partial charge in [0.05, 0.1) is 5.92 Å². The van der Waals surface area contributed by atoms with Gasteiger partial charge >= 0.3 is 5.97 Å². The van der Waals surface area contributed by atoms with E-state index in [9.17, 15) is 4.79 Å². The van der Waals surface area contributed by atoms with E-state index in [2.05, 4.69) is 22.0 Å². The highest BCUT2D eigenvalue weighted by atomic mass is 16.4. The molecule has 1 aliphatic heterocycles. The fourth-order valence-corrected chi connectivity index (χ4v) is 3.02. The lowest BCUT2D eigenvalue weighted by Crippen LogP contribution is -2.23. The largest absolute Gasteiger partial charge is 0.481 e. The van der Waals surface area contributed by atoms with Gasteiger partial charge in [-0.3, -0.25) is 9.69 Å². The fourth-order valence-electron chi connectivity index (χ4n) is 3.02. The highest BCUT2D eigenvalue weighted by molar-refractivity contribution is 5.83. The molecule has 0 saturated carbocycles. The number of hydrogen-bond acceptors (Lipinski definition) is 2. The Morgan fingerprint density at radius 2 is 2.21 bits per heavy atom. The molecule has 2 heterocycles. The first kappa shape index (κ1) is 12.2. The second-order valence-electron chi connectivity index (χ2n) is 5.48. The molecular formula is C15H18N2O2. The number of benzene rings is 1. The highest BCUT2D eigenvalue weighted by Gasteiger charge is 2.34. The molecule has 0 radical (unpaired) electrons. The van der Waals surface area contributed by atoms with E-state index in [0.29, 0.717) is 6.54 Å². The van der Waals surface area contributed by atoms with Gasteiger partial charge in [0.2, 0.25) is 0 Å². The van der Waals surface area contributed by atoms with Gasteiger partial charge in [-0.2, -0.15) is 0 Å². The van der Waals surface area contributed by atoms with Crippen molar-refractivity contribution >= 4 is 16.9 Å². The van der Waals surface area contributed by atoms with E-state index >= 15 is 0 Å². The van der Waals surface area contributed by atoms with Crippen molar-refractivity contribution in [1.82, 2.24) is 9.88 Å². The molecule has 100 valence electrons. The second kappa shape index (κ2) is 4.70. The molecule has 19 heavy (non-hydrogen) atoms. The first-order valence-corrected chi connectivity index (χ1v) is 6.65. The Morgan fingerprint density at radius 1 is 1.42 bits per heavy atom. The normalized spacial score (nSPS) is 24.1. The Balaban J connectivity index is 1.78. The minimum absolute atomic E-state index is 0.225. The summed E-state index contributed by atoms with van der Waals surface area (Å²) in [6, 6.07) is 8.22. The number of carboxylic acid groups (broad SMARTS) is 1. The highest BCUT2D eigenvalue weighted by Crippen LogP contribution is 2.26. The van der Waals surface area contributed by atoms with Gasteiger partial charge in [0.1, 0.15) is 0 Å². The molecule has 0 bridgehead atoms. The standard InChI is InChI=1S/C15H18N2O2/c1-10-7-17(9-13(10)15(18)19)8-11-6-16-14-5-3-2-4-12(11)14/h2-6,10,13,16H,7-9H2,1H3,(H,18,19). The van der Waals surface area contributed by atoms with Crippen LogP contribution in [0.1, 0.15) is 12.5 Å². The number of fused-ring (bicyclic) bond motifs is 1. The average molecular weight is 258 g/mol. The average Bonchev–Trinajstić information content (AvgIpc) is 2.95. The maximum absolute atomic E-state index is 11.1. The number of hydrogen-bond donors (Lipinski definition) is 2. The molecule has 4 heteroatoms. The van der Waals surface area contributed by atoms with Gasteiger partial charge in [-0.25, -0.2) is 0 Å². The van der Waals surface area contributed by atoms with E-state index in [1.54, 1.807) is 0 Å². The van der Waals surface area contributed by atoms with E-state index in [1.165, 1.54) is 10.9 Å². The predicted molar refractivity (Wildman–Crippen MR) is 73.9 cm³/mol. The minimum atomic E-state index is -0.672. The number of rotatable bonds is 3. The lowest BCUT2D eigenvalue weighted by Gasteiger charge is -2.14. The van der Waals surface area contributed by atoms with E-state index in [1.807, 2.05) is 25.3 Å². The minimum Gasteiger partial charge on any atom is -0.481 e. The van der Waals surface area contributed by atoms with Crippen molar-refractivity contribution in [1.29, 1.82) is 0 Å². The maximum Gasteiger partial charge on any atom is 0.308 e. The van der Waals surface area contributed by atoms with E-state index < -0.39 is 5.97 Å². The van der Waals surface area contributed by atoms with Crippen LogP contribution in [-0.4, -0.2) is 34.0 Å². The van der Waals surface area contributed by atoms with Crippen LogP contribution >= 0.6 is 0 Å². The lowest BCUT2D eigenvalue weighted by molar-refractivity contribution is -0.142. The molecule has 1 fully saturated rings. The Labute approximate surface area is 112 Å². The third-order valence-electron chi connectivity index (χ3n) is 4.07. The quantitative estimate of drug-likeness (QED) is 0.888. The predicted octanol–water partition coefficient (Wildman–Crippen LogP) is 2.32. The van der Waals surface area contributed by atoms with Gasteiger partial charge in [-0.15, -0.1) is 0 Å². The third kappa shape index (κ3) is 2.24. The van der Waals surface area contributed by atoms with Crippen LogP contribution in [0, 0.1) is 11.8 Å². The summed E-state index contributed by atoms with van der Waals surface area (Å²) in [5.41, 5.74) is 2.38. The summed E-state index contributed by atoms with van der Waals surface area (Å²) >= 11 is 0. The second-order valence-corrected chi connectivity index (χ2v) is 5.48. The maximum atomic E-state index is 11.1. The Bertz CT molecular complexity index is 605. The number of aromatic amines is 1. The van der Waals surface area contributed by atoms with Crippen LogP contribution in [0.25, 0.3) is 10.9 Å². The molecule has 1 saturated heterocycles. The Kier molecular flexibility index (Phi) is 3.03. The van der Waals surface area contributed by atoms with Crippen LogP contribution in [0.5, 0.6) is 0 Å². The molecule has 1 aromatic heterocycles. The number of aliphatic carboxylic acids is 1. The summed E-state index contributed by atoms with van der Waals surface area (Å²) in [6.45, 7) is 4.35. The molecular weight excluding hydrogens is 240 g/mol. The summed E-state index contributed by atoms with van der Waals surface area (Å²) < 4.78 is 0. The number of nitrogens with zero attached hydrogens (tertiary/aromatic N) is 1. The first-order valence-electron chi connectivity index (χ1n) is 6.65. The van der Waals surface area contributed by atoms with Crippen molar-refractivity contribution in [3.8, 4) is 0 Å². The smallest absolute Gasteiger partial charge is 0.308 e. The molecule has 2 atom stereocenters. The van der Waals surface area contributed by atoms with Gasteiger partial charge in [-0.05, 0) is 17.5 Å². The first-order chi connectivity index (χ1) is 9.15. The molecule has 3 rings (SSSR count). The Morgan fingerprint density at radius 3 is 2.95 bits per heavy atom. The van der Waals surface area contributed by atoms with Crippen LogP contribution in [0.3, 0.4) is 0 Å². The van der Waals surface area contributed by atoms with E-state index in [0.717, 1.165) is 18.6 Å². The van der Waals surface area contributed by atoms with Gasteiger partial charge < -0.3 is 10.1 Å². The van der Waals surface area contributed by atoms with Crippen LogP contribution in [0.15, 0.2) is 30.5 Å². The monoisotopic (exact) mass is 258 g/mol. The van der Waals surface area contributed by atoms with Gasteiger partial charge in [0.15, 0.2) is 0 Å². The number of H-pyrrole nitrogens is 1. The van der Waals surface area contributed by atoms with Crippen molar-refractivity contribution in [2.45, 2.75) is 13.5 Å². The van der Waals surface area contributed by atoms with Crippen molar-refractivity contribution in [2.75, 3.05) is 13.1 Å². The summed E-state index contributed by atoms with van der Waals surface area (Å²) in [4.78, 5) is 16.6. The molecule has 4 nitrogen and oxygen atoms in total. The number of likely N-dealkylation sites (tertiary alicyclic amines) is 1. The molecule has 2 unspecified atom stereocenters. The number of nitrogens with one attached hydrogen (secondary N) is 1. The van der Waals surface area contributed by atoms with Crippen LogP contribution in [0.4, 0.5) is 0 Å². The SMILES string of the molecule is CC1CN(Cc2c[nH]c3ccccc23)CC1C(=O)O. The number of carbonyl (C=O) groups is 1. The Hall–Kier alpha value is -1.81. The number of para-hydroxylation sites is 1. The van der Waals surface area contributed by atoms with E-state index in [-0.39, 0.29) is 11.8 Å². The summed E-state index contributed by atoms with van der Waals surface area (Å²) in [6.07, 6.45) is 2.03. The van der Waals surface area contributed by atoms with Gasteiger partial charge in [-0.1, -0.05) is 25.1 Å². The summed E-state index contributed by atoms with van der Waals surface area (Å²) in [5, 5.41) is 10.4. The van der Waals surface area contributed by atoms with Crippen LogP contribution in [0.2, 0.25) is 0 Å².